The summed E-state index contributed by atoms with van der Waals surface area (Å²) >= 11 is 0. The topological polar surface area (TPSA) is 0 Å². The van der Waals surface area contributed by atoms with E-state index in [1.165, 1.54) is 120 Å². The molecule has 0 fully saturated rings. The van der Waals surface area contributed by atoms with Crippen molar-refractivity contribution in [3.05, 3.63) is 206 Å². The monoisotopic (exact) mass is 706 g/mol. The summed E-state index contributed by atoms with van der Waals surface area (Å²) in [5.74, 6) is 0. The average molecular weight is 707 g/mol. The fraction of sp³-hybridized carbons (Fsp3) is 0. The van der Waals surface area contributed by atoms with Crippen LogP contribution in [0.5, 0.6) is 0 Å². The first-order chi connectivity index (χ1) is 27.8. The van der Waals surface area contributed by atoms with Crippen molar-refractivity contribution in [1.82, 2.24) is 0 Å². The third kappa shape index (κ3) is 4.36. The summed E-state index contributed by atoms with van der Waals surface area (Å²) in [6, 6.07) is 76.4. The molecule has 0 N–H and O–H groups in total. The maximum atomic E-state index is 2.37. The van der Waals surface area contributed by atoms with Crippen molar-refractivity contribution in [3.8, 4) is 44.5 Å². The highest BCUT2D eigenvalue weighted by Gasteiger charge is 2.25. The molecule has 0 nitrogen and oxygen atoms in total. The van der Waals surface area contributed by atoms with Crippen molar-refractivity contribution in [1.29, 1.82) is 0 Å². The second-order valence-corrected chi connectivity index (χ2v) is 15.0. The Morgan fingerprint density at radius 2 is 0.500 bits per heavy atom. The summed E-state index contributed by atoms with van der Waals surface area (Å²) in [7, 11) is 0. The molecular weight excluding hydrogens is 673 g/mol. The number of fused-ring (bicyclic) bond motifs is 7. The van der Waals surface area contributed by atoms with Gasteiger partial charge in [-0.25, -0.2) is 0 Å². The Labute approximate surface area is 324 Å². The van der Waals surface area contributed by atoms with Crippen LogP contribution in [-0.4, -0.2) is 0 Å². The van der Waals surface area contributed by atoms with Gasteiger partial charge in [-0.3, -0.25) is 0 Å². The van der Waals surface area contributed by atoms with Crippen LogP contribution in [0.2, 0.25) is 0 Å². The molecule has 0 atom stereocenters. The van der Waals surface area contributed by atoms with Gasteiger partial charge >= 0.3 is 0 Å². The Kier molecular flexibility index (Phi) is 6.73. The van der Waals surface area contributed by atoms with Crippen molar-refractivity contribution >= 4 is 75.4 Å². The Morgan fingerprint density at radius 1 is 0.161 bits per heavy atom. The molecule has 0 amide bonds. The Balaban J connectivity index is 1.27. The van der Waals surface area contributed by atoms with Gasteiger partial charge in [0.1, 0.15) is 0 Å². The van der Waals surface area contributed by atoms with Crippen LogP contribution in [0.1, 0.15) is 0 Å². The number of benzene rings is 12. The standard InChI is InChI=1S/C56H34/c1-3-17-35(18-4-1)37-21-7-10-24-41(37)51-42-25-11-13-27-46(42)55-53-44(29-15-31-49(51)53)45-30-16-32-50-52(43-26-12-14-28-47(43)56(55)54(45)50)48-34-33-38(36-19-5-2-6-20-36)39-22-8-9-23-40(39)48/h1-34H. The first-order valence-electron chi connectivity index (χ1n) is 19.5. The van der Waals surface area contributed by atoms with E-state index in [9.17, 15) is 0 Å². The van der Waals surface area contributed by atoms with E-state index >= 15 is 0 Å². The third-order valence-corrected chi connectivity index (χ3v) is 12.2. The lowest BCUT2D eigenvalue weighted by Gasteiger charge is -2.24. The summed E-state index contributed by atoms with van der Waals surface area (Å²) < 4.78 is 0. The average Bonchev–Trinajstić information content (AvgIpc) is 3.27. The van der Waals surface area contributed by atoms with Gasteiger partial charge in [0.2, 0.25) is 0 Å². The zero-order chi connectivity index (χ0) is 36.7. The molecule has 0 bridgehead atoms. The molecule has 0 aliphatic carbocycles. The van der Waals surface area contributed by atoms with Crippen molar-refractivity contribution in [2.75, 3.05) is 0 Å². The third-order valence-electron chi connectivity index (χ3n) is 12.2. The number of rotatable bonds is 4. The molecule has 0 aliphatic heterocycles. The van der Waals surface area contributed by atoms with Crippen LogP contribution in [0.15, 0.2) is 206 Å². The quantitative estimate of drug-likeness (QED) is 0.126. The lowest BCUT2D eigenvalue weighted by molar-refractivity contribution is 1.61. The SMILES string of the molecule is c1ccc(-c2ccccc2-c2c3ccccc3c3c4c2cccc4c2cccc4c(-c5ccc(-c6ccccc6)c6ccccc56)c5ccccc5c3c42)cc1. The molecular formula is C56H34. The Bertz CT molecular complexity index is 3500. The van der Waals surface area contributed by atoms with E-state index in [-0.39, 0.29) is 0 Å². The molecule has 0 aliphatic rings. The minimum atomic E-state index is 1.23. The van der Waals surface area contributed by atoms with Crippen LogP contribution in [-0.2, 0) is 0 Å². The fourth-order valence-electron chi connectivity index (χ4n) is 9.96. The van der Waals surface area contributed by atoms with E-state index in [1.54, 1.807) is 0 Å². The van der Waals surface area contributed by atoms with Crippen molar-refractivity contribution in [2.24, 2.45) is 0 Å². The summed E-state index contributed by atoms with van der Waals surface area (Å²) in [6.45, 7) is 0. The molecule has 12 aromatic rings. The maximum Gasteiger partial charge on any atom is -0.000740 e. The molecule has 0 heteroatoms. The van der Waals surface area contributed by atoms with E-state index in [2.05, 4.69) is 206 Å². The predicted octanol–water partition coefficient (Wildman–Crippen LogP) is 15.9. The van der Waals surface area contributed by atoms with Gasteiger partial charge in [0, 0.05) is 0 Å². The van der Waals surface area contributed by atoms with Gasteiger partial charge < -0.3 is 0 Å². The molecule has 258 valence electrons. The van der Waals surface area contributed by atoms with E-state index in [0.717, 1.165) is 0 Å². The van der Waals surface area contributed by atoms with Gasteiger partial charge in [-0.05, 0) is 120 Å². The summed E-state index contributed by atoms with van der Waals surface area (Å²) in [5, 5.41) is 18.2. The van der Waals surface area contributed by atoms with Crippen LogP contribution in [0.25, 0.3) is 120 Å². The summed E-state index contributed by atoms with van der Waals surface area (Å²) in [4.78, 5) is 0. The second-order valence-electron chi connectivity index (χ2n) is 15.0. The fourth-order valence-corrected chi connectivity index (χ4v) is 9.96. The van der Waals surface area contributed by atoms with Crippen LogP contribution in [0.4, 0.5) is 0 Å². The Morgan fingerprint density at radius 3 is 1.05 bits per heavy atom. The second kappa shape index (κ2) is 12.1. The molecule has 0 spiro atoms. The first-order valence-corrected chi connectivity index (χ1v) is 19.5. The van der Waals surface area contributed by atoms with E-state index in [1.807, 2.05) is 0 Å². The highest BCUT2D eigenvalue weighted by atomic mass is 14.3. The minimum Gasteiger partial charge on any atom is -0.0622 e. The lowest BCUT2D eigenvalue weighted by Crippen LogP contribution is -1.95. The number of hydrogen-bond donors (Lipinski definition) is 0. The van der Waals surface area contributed by atoms with Crippen molar-refractivity contribution < 1.29 is 0 Å². The molecule has 0 unspecified atom stereocenters. The van der Waals surface area contributed by atoms with E-state index < -0.39 is 0 Å². The molecule has 12 aromatic carbocycles. The van der Waals surface area contributed by atoms with Crippen LogP contribution < -0.4 is 0 Å². The van der Waals surface area contributed by atoms with Gasteiger partial charge in [0.05, 0.1) is 0 Å². The van der Waals surface area contributed by atoms with Gasteiger partial charge in [-0.1, -0.05) is 206 Å². The molecule has 0 saturated heterocycles. The largest absolute Gasteiger partial charge is 0.0622 e. The van der Waals surface area contributed by atoms with Crippen LogP contribution in [0.3, 0.4) is 0 Å². The summed E-state index contributed by atoms with van der Waals surface area (Å²) in [5.41, 5.74) is 10.1. The van der Waals surface area contributed by atoms with Gasteiger partial charge in [-0.2, -0.15) is 0 Å². The zero-order valence-electron chi connectivity index (χ0n) is 30.6. The van der Waals surface area contributed by atoms with Crippen LogP contribution in [0, 0.1) is 0 Å². The van der Waals surface area contributed by atoms with Crippen molar-refractivity contribution in [3.63, 3.8) is 0 Å². The van der Waals surface area contributed by atoms with Crippen molar-refractivity contribution in [2.45, 2.75) is 0 Å². The molecule has 0 aromatic heterocycles. The number of hydrogen-bond acceptors (Lipinski definition) is 0. The predicted molar refractivity (Wildman–Crippen MR) is 242 cm³/mol. The maximum absolute atomic E-state index is 2.37. The minimum absolute atomic E-state index is 1.23. The Hall–Kier alpha value is -7.28. The zero-order valence-corrected chi connectivity index (χ0v) is 30.6. The normalized spacial score (nSPS) is 11.9. The van der Waals surface area contributed by atoms with Crippen LogP contribution >= 0.6 is 0 Å². The smallest absolute Gasteiger partial charge is 0.000740 e. The van der Waals surface area contributed by atoms with Gasteiger partial charge in [0.25, 0.3) is 0 Å². The lowest BCUT2D eigenvalue weighted by atomic mass is 9.79. The highest BCUT2D eigenvalue weighted by Crippen LogP contribution is 2.53. The van der Waals surface area contributed by atoms with Gasteiger partial charge in [-0.15, -0.1) is 0 Å². The molecule has 0 heterocycles. The molecule has 0 radical (unpaired) electrons. The summed E-state index contributed by atoms with van der Waals surface area (Å²) in [6.07, 6.45) is 0. The molecule has 12 rings (SSSR count). The first kappa shape index (κ1) is 31.1. The van der Waals surface area contributed by atoms with Gasteiger partial charge in [0.15, 0.2) is 0 Å². The van der Waals surface area contributed by atoms with E-state index in [0.29, 0.717) is 0 Å². The molecule has 56 heavy (non-hydrogen) atoms. The van der Waals surface area contributed by atoms with E-state index in [4.69, 9.17) is 0 Å². The molecule has 0 saturated carbocycles. The highest BCUT2D eigenvalue weighted by molar-refractivity contribution is 6.46.